The Morgan fingerprint density at radius 1 is 0.464 bits per heavy atom. The van der Waals surface area contributed by atoms with Crippen LogP contribution in [0.15, 0.2) is 97.1 Å². The molecule has 5 aromatic rings. The summed E-state index contributed by atoms with van der Waals surface area (Å²) >= 11 is 7.92. The molecule has 0 unspecified atom stereocenters. The molecule has 0 aliphatic heterocycles. The fourth-order valence-corrected chi connectivity index (χ4v) is 10.8. The van der Waals surface area contributed by atoms with E-state index in [1.165, 1.54) is 64.6 Å². The van der Waals surface area contributed by atoms with E-state index in [-0.39, 0.29) is 21.7 Å². The Bertz CT molecular complexity index is 2070. The summed E-state index contributed by atoms with van der Waals surface area (Å²) in [5.41, 5.74) is 16.6. The van der Waals surface area contributed by atoms with Gasteiger partial charge in [0.2, 0.25) is 0 Å². The van der Waals surface area contributed by atoms with Crippen molar-refractivity contribution in [3.63, 3.8) is 0 Å². The van der Waals surface area contributed by atoms with Gasteiger partial charge in [0.05, 0.1) is 16.4 Å². The first kappa shape index (κ1) is 40.2. The molecular weight excluding hydrogens is 700 g/mol. The topological polar surface area (TPSA) is 6.48 Å². The Kier molecular flexibility index (Phi) is 10.8. The van der Waals surface area contributed by atoms with E-state index in [9.17, 15) is 0 Å². The predicted molar refractivity (Wildman–Crippen MR) is 244 cm³/mol. The highest BCUT2D eigenvalue weighted by Crippen LogP contribution is 2.55. The predicted octanol–water partition coefficient (Wildman–Crippen LogP) is 16.2. The zero-order valence-corrected chi connectivity index (χ0v) is 36.9. The molecule has 2 nitrogen and oxygen atoms in total. The minimum atomic E-state index is 0.0649. The van der Waals surface area contributed by atoms with Crippen LogP contribution >= 0.6 is 11.6 Å². The van der Waals surface area contributed by atoms with E-state index in [1.54, 1.807) is 0 Å². The van der Waals surface area contributed by atoms with E-state index in [0.717, 1.165) is 64.8 Å². The fraction of sp³-hybridized carbons (Fsp3) is 0.434. The number of aryl methyl sites for hydroxylation is 3. The van der Waals surface area contributed by atoms with Gasteiger partial charge in [-0.05, 0) is 167 Å². The monoisotopic (exact) mass is 764 g/mol. The van der Waals surface area contributed by atoms with Crippen LogP contribution in [0.4, 0.5) is 34.1 Å². The van der Waals surface area contributed by atoms with Gasteiger partial charge in [-0.2, -0.15) is 0 Å². The van der Waals surface area contributed by atoms with Crippen LogP contribution in [-0.4, -0.2) is 0 Å². The Labute approximate surface area is 344 Å². The standard InChI is InChI=1S/C53H65ClN2/c1-12-14-16-37-18-22-39(23-19-37)55(40-24-20-38(21-25-40)17-15-13-2)47-30-36(3)31-48(49(47)54)56(41-26-28-43-45(32-41)52(8,9)34-50(43,4)5)42-27-29-44-46(33-42)53(10,11)35-51(44,6)7/h18-33H,12-17,34-35H2,1-11H3. The van der Waals surface area contributed by atoms with Crippen molar-refractivity contribution < 1.29 is 0 Å². The summed E-state index contributed by atoms with van der Waals surface area (Å²) < 4.78 is 0. The summed E-state index contributed by atoms with van der Waals surface area (Å²) in [6.45, 7) is 25.9. The molecule has 0 N–H and O–H groups in total. The highest BCUT2D eigenvalue weighted by atomic mass is 35.5. The second-order valence-electron chi connectivity index (χ2n) is 19.7. The van der Waals surface area contributed by atoms with Gasteiger partial charge in [0.25, 0.3) is 0 Å². The first-order chi connectivity index (χ1) is 26.5. The number of halogens is 1. The Morgan fingerprint density at radius 3 is 1.18 bits per heavy atom. The maximum absolute atomic E-state index is 7.92. The molecule has 294 valence electrons. The van der Waals surface area contributed by atoms with Crippen molar-refractivity contribution in [1.29, 1.82) is 0 Å². The molecule has 0 spiro atoms. The Balaban J connectivity index is 1.44. The van der Waals surface area contributed by atoms with Crippen molar-refractivity contribution in [3.05, 3.63) is 141 Å². The number of benzene rings is 5. The van der Waals surface area contributed by atoms with Gasteiger partial charge in [0, 0.05) is 22.7 Å². The smallest absolute Gasteiger partial charge is 0.0887 e. The molecule has 3 heteroatoms. The highest BCUT2D eigenvalue weighted by molar-refractivity contribution is 6.36. The van der Waals surface area contributed by atoms with Crippen molar-refractivity contribution in [3.8, 4) is 0 Å². The summed E-state index contributed by atoms with van der Waals surface area (Å²) in [7, 11) is 0. The van der Waals surface area contributed by atoms with Crippen molar-refractivity contribution in [2.24, 2.45) is 0 Å². The third-order valence-corrected chi connectivity index (χ3v) is 13.3. The lowest BCUT2D eigenvalue weighted by atomic mass is 9.82. The van der Waals surface area contributed by atoms with E-state index in [4.69, 9.17) is 11.6 Å². The molecule has 0 aromatic heterocycles. The van der Waals surface area contributed by atoms with Crippen LogP contribution in [0.2, 0.25) is 5.02 Å². The first-order valence-corrected chi connectivity index (χ1v) is 21.7. The Morgan fingerprint density at radius 2 is 0.804 bits per heavy atom. The lowest BCUT2D eigenvalue weighted by Crippen LogP contribution is -2.18. The molecular formula is C53H65ClN2. The number of nitrogens with zero attached hydrogens (tertiary/aromatic N) is 2. The quantitative estimate of drug-likeness (QED) is 0.125. The summed E-state index contributed by atoms with van der Waals surface area (Å²) in [6, 6.07) is 37.3. The number of unbranched alkanes of at least 4 members (excludes halogenated alkanes) is 2. The molecule has 7 rings (SSSR count). The average molecular weight is 766 g/mol. The summed E-state index contributed by atoms with van der Waals surface area (Å²) in [4.78, 5) is 4.81. The molecule has 0 atom stereocenters. The normalized spacial score (nSPS) is 17.1. The zero-order chi connectivity index (χ0) is 40.2. The van der Waals surface area contributed by atoms with Crippen molar-refractivity contribution in [1.82, 2.24) is 0 Å². The Hall–Kier alpha value is -4.01. The van der Waals surface area contributed by atoms with E-state index in [1.807, 2.05) is 0 Å². The number of hydrogen-bond donors (Lipinski definition) is 0. The van der Waals surface area contributed by atoms with Crippen molar-refractivity contribution in [2.45, 2.75) is 149 Å². The molecule has 2 aliphatic carbocycles. The van der Waals surface area contributed by atoms with E-state index in [0.29, 0.717) is 0 Å². The lowest BCUT2D eigenvalue weighted by molar-refractivity contribution is 0.403. The summed E-state index contributed by atoms with van der Waals surface area (Å²) in [5, 5.41) is 0.737. The zero-order valence-electron chi connectivity index (χ0n) is 36.2. The van der Waals surface area contributed by atoms with Crippen molar-refractivity contribution in [2.75, 3.05) is 9.80 Å². The maximum Gasteiger partial charge on any atom is 0.0887 e. The number of hydrogen-bond acceptors (Lipinski definition) is 2. The van der Waals surface area contributed by atoms with Crippen LogP contribution in [0.1, 0.15) is 147 Å². The van der Waals surface area contributed by atoms with Gasteiger partial charge in [-0.3, -0.25) is 0 Å². The summed E-state index contributed by atoms with van der Waals surface area (Å²) in [6.07, 6.45) is 9.21. The summed E-state index contributed by atoms with van der Waals surface area (Å²) in [5.74, 6) is 0. The number of rotatable bonds is 12. The van der Waals surface area contributed by atoms with Gasteiger partial charge < -0.3 is 9.80 Å². The SMILES string of the molecule is CCCCc1ccc(N(c2ccc(CCCC)cc2)c2cc(C)cc(N(c3ccc4c(c3)C(C)(C)CC4(C)C)c3ccc4c(c3)C(C)(C)CC4(C)C)c2Cl)cc1. The van der Waals surface area contributed by atoms with Crippen LogP contribution in [0.25, 0.3) is 0 Å². The van der Waals surface area contributed by atoms with Crippen LogP contribution in [0.5, 0.6) is 0 Å². The molecule has 0 heterocycles. The second kappa shape index (κ2) is 15.1. The number of anilines is 6. The molecule has 0 bridgehead atoms. The van der Waals surface area contributed by atoms with Gasteiger partial charge >= 0.3 is 0 Å². The van der Waals surface area contributed by atoms with Crippen LogP contribution in [-0.2, 0) is 34.5 Å². The first-order valence-electron chi connectivity index (χ1n) is 21.3. The average Bonchev–Trinajstić information content (AvgIpc) is 3.46. The van der Waals surface area contributed by atoms with E-state index >= 15 is 0 Å². The largest absolute Gasteiger partial charge is 0.309 e. The minimum absolute atomic E-state index is 0.0649. The highest BCUT2D eigenvalue weighted by Gasteiger charge is 2.44. The molecule has 0 saturated carbocycles. The molecule has 0 radical (unpaired) electrons. The molecule has 0 fully saturated rings. The van der Waals surface area contributed by atoms with Gasteiger partial charge in [-0.25, -0.2) is 0 Å². The molecule has 56 heavy (non-hydrogen) atoms. The van der Waals surface area contributed by atoms with Gasteiger partial charge in [0.15, 0.2) is 0 Å². The molecule has 0 saturated heterocycles. The van der Waals surface area contributed by atoms with E-state index < -0.39 is 0 Å². The van der Waals surface area contributed by atoms with Crippen LogP contribution in [0, 0.1) is 6.92 Å². The molecule has 5 aromatic carbocycles. The minimum Gasteiger partial charge on any atom is -0.309 e. The van der Waals surface area contributed by atoms with Crippen molar-refractivity contribution >= 4 is 45.7 Å². The van der Waals surface area contributed by atoms with Crippen LogP contribution in [0.3, 0.4) is 0 Å². The van der Waals surface area contributed by atoms with Crippen LogP contribution < -0.4 is 9.80 Å². The maximum atomic E-state index is 7.92. The third kappa shape index (κ3) is 7.56. The second-order valence-corrected chi connectivity index (χ2v) is 20.1. The van der Waals surface area contributed by atoms with Gasteiger partial charge in [-0.1, -0.05) is 130 Å². The van der Waals surface area contributed by atoms with E-state index in [2.05, 4.69) is 183 Å². The lowest BCUT2D eigenvalue weighted by Gasteiger charge is -2.33. The third-order valence-electron chi connectivity index (χ3n) is 12.9. The molecule has 0 amide bonds. The van der Waals surface area contributed by atoms with Gasteiger partial charge in [-0.15, -0.1) is 0 Å². The van der Waals surface area contributed by atoms with Gasteiger partial charge in [0.1, 0.15) is 0 Å². The fourth-order valence-electron chi connectivity index (χ4n) is 10.5. The molecule has 2 aliphatic rings. The number of fused-ring (bicyclic) bond motifs is 2.